The lowest BCUT2D eigenvalue weighted by Gasteiger charge is -1.88. The molecule has 2 nitrogen and oxygen atoms in total. The van der Waals surface area contributed by atoms with Gasteiger partial charge in [-0.1, -0.05) is 11.8 Å². The summed E-state index contributed by atoms with van der Waals surface area (Å²) in [6, 6.07) is 0. The summed E-state index contributed by atoms with van der Waals surface area (Å²) in [6.45, 7) is 3.67. The van der Waals surface area contributed by atoms with E-state index >= 15 is 0 Å². The molecule has 0 rings (SSSR count). The first kappa shape index (κ1) is 8.48. The van der Waals surface area contributed by atoms with E-state index in [0.717, 1.165) is 6.61 Å². The molecule has 2 heteroatoms. The van der Waals surface area contributed by atoms with Gasteiger partial charge in [0, 0.05) is 13.7 Å². The highest BCUT2D eigenvalue weighted by Crippen LogP contribution is 1.69. The van der Waals surface area contributed by atoms with Crippen molar-refractivity contribution in [3.8, 4) is 11.8 Å². The van der Waals surface area contributed by atoms with E-state index in [0.29, 0.717) is 13.2 Å². The van der Waals surface area contributed by atoms with E-state index < -0.39 is 0 Å². The molecule has 0 atom stereocenters. The Morgan fingerprint density at radius 2 is 1.89 bits per heavy atom. The van der Waals surface area contributed by atoms with Crippen LogP contribution in [0.15, 0.2) is 0 Å². The van der Waals surface area contributed by atoms with E-state index in [1.165, 1.54) is 0 Å². The molecule has 0 radical (unpaired) electrons. The van der Waals surface area contributed by atoms with Crippen LogP contribution < -0.4 is 0 Å². The van der Waals surface area contributed by atoms with E-state index in [9.17, 15) is 0 Å². The van der Waals surface area contributed by atoms with E-state index in [2.05, 4.69) is 11.8 Å². The maximum absolute atomic E-state index is 4.95. The van der Waals surface area contributed by atoms with Crippen molar-refractivity contribution in [2.45, 2.75) is 6.92 Å². The molecule has 0 aliphatic rings. The van der Waals surface area contributed by atoms with E-state index in [1.807, 2.05) is 6.92 Å². The maximum Gasteiger partial charge on any atom is 0.107 e. The first-order valence-electron chi connectivity index (χ1n) is 2.94. The predicted molar refractivity (Wildman–Crippen MR) is 36.1 cm³/mol. The minimum atomic E-state index is 0.493. The largest absolute Gasteiger partial charge is 0.372 e. The molecule has 0 N–H and O–H groups in total. The molecule has 52 valence electrons. The number of rotatable bonds is 3. The minimum absolute atomic E-state index is 0.493. The van der Waals surface area contributed by atoms with Gasteiger partial charge in [-0.2, -0.15) is 0 Å². The molecule has 0 unspecified atom stereocenters. The number of ether oxygens (including phenoxy) is 2. The zero-order valence-corrected chi connectivity index (χ0v) is 5.94. The summed E-state index contributed by atoms with van der Waals surface area (Å²) in [5.74, 6) is 5.56. The minimum Gasteiger partial charge on any atom is -0.372 e. The number of hydrogen-bond donors (Lipinski definition) is 0. The van der Waals surface area contributed by atoms with Crippen LogP contribution in [0.3, 0.4) is 0 Å². The second kappa shape index (κ2) is 7.48. The topological polar surface area (TPSA) is 18.5 Å². The Kier molecular flexibility index (Phi) is 7.05. The van der Waals surface area contributed by atoms with Crippen molar-refractivity contribution in [2.75, 3.05) is 26.9 Å². The molecular weight excluding hydrogens is 116 g/mol. The average Bonchev–Trinajstić information content (AvgIpc) is 1.89. The van der Waals surface area contributed by atoms with E-state index in [1.54, 1.807) is 7.11 Å². The summed E-state index contributed by atoms with van der Waals surface area (Å²) in [5, 5.41) is 0. The molecule has 0 aliphatic carbocycles. The van der Waals surface area contributed by atoms with Gasteiger partial charge in [0.05, 0.1) is 0 Å². The van der Waals surface area contributed by atoms with Crippen LogP contribution in [0.1, 0.15) is 6.92 Å². The molecule has 0 spiro atoms. The van der Waals surface area contributed by atoms with Crippen LogP contribution in [0.4, 0.5) is 0 Å². The normalized spacial score (nSPS) is 8.22. The van der Waals surface area contributed by atoms with Crippen molar-refractivity contribution in [2.24, 2.45) is 0 Å². The Labute approximate surface area is 56.2 Å². The molecular formula is C7H12O2. The Bertz CT molecular complexity index is 99.2. The molecule has 0 aromatic rings. The molecule has 0 aromatic heterocycles. The highest BCUT2D eigenvalue weighted by Gasteiger charge is 1.72. The Hall–Kier alpha value is -0.520. The van der Waals surface area contributed by atoms with Gasteiger partial charge >= 0.3 is 0 Å². The van der Waals surface area contributed by atoms with Crippen LogP contribution >= 0.6 is 0 Å². The lowest BCUT2D eigenvalue weighted by atomic mass is 10.6. The molecule has 0 aliphatic heterocycles. The zero-order chi connectivity index (χ0) is 6.95. The number of hydrogen-bond acceptors (Lipinski definition) is 2. The SMILES string of the molecule is CCOCC#CCOC. The zero-order valence-electron chi connectivity index (χ0n) is 5.94. The van der Waals surface area contributed by atoms with Crippen LogP contribution in [0.25, 0.3) is 0 Å². The van der Waals surface area contributed by atoms with Crippen molar-refractivity contribution in [3.63, 3.8) is 0 Å². The van der Waals surface area contributed by atoms with Crippen molar-refractivity contribution in [3.05, 3.63) is 0 Å². The van der Waals surface area contributed by atoms with Crippen LogP contribution in [0.2, 0.25) is 0 Å². The highest BCUT2D eigenvalue weighted by atomic mass is 16.5. The fourth-order valence-corrected chi connectivity index (χ4v) is 0.327. The quantitative estimate of drug-likeness (QED) is 0.411. The number of methoxy groups -OCH3 is 1. The third-order valence-electron chi connectivity index (χ3n) is 0.720. The molecule has 0 heterocycles. The van der Waals surface area contributed by atoms with Gasteiger partial charge < -0.3 is 9.47 Å². The molecule has 9 heavy (non-hydrogen) atoms. The van der Waals surface area contributed by atoms with Crippen molar-refractivity contribution >= 4 is 0 Å². The van der Waals surface area contributed by atoms with Crippen LogP contribution in [-0.2, 0) is 9.47 Å². The first-order chi connectivity index (χ1) is 4.41. The highest BCUT2D eigenvalue weighted by molar-refractivity contribution is 4.98. The van der Waals surface area contributed by atoms with Crippen LogP contribution in [0.5, 0.6) is 0 Å². The summed E-state index contributed by atoms with van der Waals surface area (Å²) in [4.78, 5) is 0. The van der Waals surface area contributed by atoms with Crippen LogP contribution in [0, 0.1) is 11.8 Å². The smallest absolute Gasteiger partial charge is 0.107 e. The van der Waals surface area contributed by atoms with E-state index in [-0.39, 0.29) is 0 Å². The molecule has 0 aromatic carbocycles. The van der Waals surface area contributed by atoms with Gasteiger partial charge in [-0.3, -0.25) is 0 Å². The summed E-state index contributed by atoms with van der Waals surface area (Å²) in [6.07, 6.45) is 0. The lowest BCUT2D eigenvalue weighted by Crippen LogP contribution is -1.89. The molecule has 0 bridgehead atoms. The maximum atomic E-state index is 4.95. The molecule has 0 saturated carbocycles. The molecule has 0 amide bonds. The third-order valence-corrected chi connectivity index (χ3v) is 0.720. The van der Waals surface area contributed by atoms with Gasteiger partial charge in [0.25, 0.3) is 0 Å². The molecule has 0 saturated heterocycles. The summed E-state index contributed by atoms with van der Waals surface area (Å²) < 4.78 is 9.64. The van der Waals surface area contributed by atoms with Crippen LogP contribution in [-0.4, -0.2) is 26.9 Å². The van der Waals surface area contributed by atoms with Gasteiger partial charge in [-0.15, -0.1) is 0 Å². The Morgan fingerprint density at radius 1 is 1.22 bits per heavy atom. The summed E-state index contributed by atoms with van der Waals surface area (Å²) >= 11 is 0. The van der Waals surface area contributed by atoms with Gasteiger partial charge in [0.15, 0.2) is 0 Å². The second-order valence-corrected chi connectivity index (χ2v) is 1.42. The van der Waals surface area contributed by atoms with Gasteiger partial charge in [0.2, 0.25) is 0 Å². The first-order valence-corrected chi connectivity index (χ1v) is 2.94. The second-order valence-electron chi connectivity index (χ2n) is 1.42. The summed E-state index contributed by atoms with van der Waals surface area (Å²) in [7, 11) is 1.62. The van der Waals surface area contributed by atoms with Crippen molar-refractivity contribution in [1.82, 2.24) is 0 Å². The van der Waals surface area contributed by atoms with Crippen molar-refractivity contribution in [1.29, 1.82) is 0 Å². The Morgan fingerprint density at radius 3 is 2.44 bits per heavy atom. The van der Waals surface area contributed by atoms with Gasteiger partial charge in [-0.05, 0) is 6.92 Å². The lowest BCUT2D eigenvalue weighted by molar-refractivity contribution is 0.182. The Balaban J connectivity index is 2.96. The van der Waals surface area contributed by atoms with Gasteiger partial charge in [0.1, 0.15) is 13.2 Å². The monoisotopic (exact) mass is 128 g/mol. The van der Waals surface area contributed by atoms with E-state index in [4.69, 9.17) is 9.47 Å². The van der Waals surface area contributed by atoms with Crippen molar-refractivity contribution < 1.29 is 9.47 Å². The fourth-order valence-electron chi connectivity index (χ4n) is 0.327. The average molecular weight is 128 g/mol. The summed E-state index contributed by atoms with van der Waals surface area (Å²) in [5.41, 5.74) is 0. The standard InChI is InChI=1S/C7H12O2/c1-3-9-7-5-4-6-8-2/h3,6-7H2,1-2H3. The van der Waals surface area contributed by atoms with Gasteiger partial charge in [-0.25, -0.2) is 0 Å². The third kappa shape index (κ3) is 7.48. The predicted octanol–water partition coefficient (Wildman–Crippen LogP) is 0.673. The fraction of sp³-hybridized carbons (Fsp3) is 0.714. The molecule has 0 fully saturated rings.